The van der Waals surface area contributed by atoms with Crippen LogP contribution in [-0.4, -0.2) is 38.1 Å². The molecule has 48 valence electrons. The Morgan fingerprint density at radius 1 is 1.50 bits per heavy atom. The molecule has 1 fully saturated rings. The van der Waals surface area contributed by atoms with E-state index in [1.807, 2.05) is 7.05 Å². The van der Waals surface area contributed by atoms with Crippen molar-refractivity contribution in [1.82, 2.24) is 10.2 Å². The van der Waals surface area contributed by atoms with Gasteiger partial charge in [0.25, 0.3) is 0 Å². The number of hydrogen-bond acceptors (Lipinski definition) is 2. The highest BCUT2D eigenvalue weighted by Crippen LogP contribution is 2.02. The molecule has 1 aliphatic heterocycles. The van der Waals surface area contributed by atoms with E-state index in [0.29, 0.717) is 0 Å². The van der Waals surface area contributed by atoms with Crippen LogP contribution in [0.1, 0.15) is 6.42 Å². The van der Waals surface area contributed by atoms with Crippen molar-refractivity contribution in [3.05, 3.63) is 0 Å². The molecule has 8 heavy (non-hydrogen) atoms. The summed E-state index contributed by atoms with van der Waals surface area (Å²) >= 11 is 0. The normalized spacial score (nSPS) is 20.6. The van der Waals surface area contributed by atoms with E-state index in [1.54, 1.807) is 0 Å². The van der Waals surface area contributed by atoms with Crippen molar-refractivity contribution < 1.29 is 0 Å². The molecule has 1 saturated heterocycles. The zero-order valence-corrected chi connectivity index (χ0v) is 5.48. The molecule has 0 amide bonds. The first kappa shape index (κ1) is 6.05. The molecule has 0 aromatic heterocycles. The summed E-state index contributed by atoms with van der Waals surface area (Å²) in [5.41, 5.74) is 0. The Kier molecular flexibility index (Phi) is 2.30. The summed E-state index contributed by atoms with van der Waals surface area (Å²) in [5, 5.41) is 3.13. The van der Waals surface area contributed by atoms with Gasteiger partial charge in [0.15, 0.2) is 0 Å². The summed E-state index contributed by atoms with van der Waals surface area (Å²) in [5.74, 6) is 0. The van der Waals surface area contributed by atoms with E-state index in [4.69, 9.17) is 0 Å². The van der Waals surface area contributed by atoms with Crippen molar-refractivity contribution in [2.45, 2.75) is 6.42 Å². The second-order valence-electron chi connectivity index (χ2n) is 2.30. The summed E-state index contributed by atoms with van der Waals surface area (Å²) in [7, 11) is 2.00. The maximum Gasteiger partial charge on any atom is 0.0107 e. The molecule has 1 heterocycles. The topological polar surface area (TPSA) is 15.3 Å². The average molecular weight is 114 g/mol. The molecule has 1 aliphatic rings. The zero-order chi connectivity index (χ0) is 5.82. The van der Waals surface area contributed by atoms with Crippen LogP contribution in [0, 0.1) is 0 Å². The van der Waals surface area contributed by atoms with Crippen LogP contribution in [-0.2, 0) is 0 Å². The van der Waals surface area contributed by atoms with Crippen LogP contribution < -0.4 is 5.32 Å². The smallest absolute Gasteiger partial charge is 0.0107 e. The summed E-state index contributed by atoms with van der Waals surface area (Å²) in [4.78, 5) is 2.45. The highest BCUT2D eigenvalue weighted by Gasteiger charge is 2.11. The lowest BCUT2D eigenvalue weighted by Crippen LogP contribution is -2.40. The van der Waals surface area contributed by atoms with E-state index in [0.717, 1.165) is 6.54 Å². The number of likely N-dealkylation sites (N-methyl/N-ethyl adjacent to an activating group) is 1. The number of likely N-dealkylation sites (tertiary alicyclic amines) is 1. The molecule has 0 spiro atoms. The standard InChI is InChI=1S/C6H14N2/c1-7-3-6-8-4-2-5-8/h7H,2-6H2,1H3. The maximum atomic E-state index is 3.13. The van der Waals surface area contributed by atoms with E-state index in [9.17, 15) is 0 Å². The van der Waals surface area contributed by atoms with E-state index < -0.39 is 0 Å². The minimum absolute atomic E-state index is 1.14. The molecular weight excluding hydrogens is 100 g/mol. The molecule has 0 atom stereocenters. The van der Waals surface area contributed by atoms with Gasteiger partial charge in [-0.1, -0.05) is 0 Å². The molecule has 1 N–H and O–H groups in total. The van der Waals surface area contributed by atoms with Crippen molar-refractivity contribution in [2.24, 2.45) is 0 Å². The number of rotatable bonds is 3. The van der Waals surface area contributed by atoms with Crippen LogP contribution in [0.2, 0.25) is 0 Å². The van der Waals surface area contributed by atoms with Gasteiger partial charge in [-0.2, -0.15) is 0 Å². The van der Waals surface area contributed by atoms with Crippen molar-refractivity contribution in [3.63, 3.8) is 0 Å². The third-order valence-corrected chi connectivity index (χ3v) is 1.63. The molecule has 2 nitrogen and oxygen atoms in total. The molecule has 0 aliphatic carbocycles. The highest BCUT2D eigenvalue weighted by molar-refractivity contribution is 4.68. The molecule has 0 radical (unpaired) electrons. The Balaban J connectivity index is 1.86. The Morgan fingerprint density at radius 2 is 2.25 bits per heavy atom. The minimum Gasteiger partial charge on any atom is -0.318 e. The molecule has 0 aromatic rings. The molecule has 0 bridgehead atoms. The first-order valence-corrected chi connectivity index (χ1v) is 3.30. The van der Waals surface area contributed by atoms with Gasteiger partial charge in [0, 0.05) is 13.1 Å². The lowest BCUT2D eigenvalue weighted by molar-refractivity contribution is 0.184. The maximum absolute atomic E-state index is 3.13. The second-order valence-corrected chi connectivity index (χ2v) is 2.30. The highest BCUT2D eigenvalue weighted by atomic mass is 15.2. The van der Waals surface area contributed by atoms with Gasteiger partial charge in [0.2, 0.25) is 0 Å². The predicted molar refractivity (Wildman–Crippen MR) is 35.0 cm³/mol. The lowest BCUT2D eigenvalue weighted by atomic mass is 10.2. The predicted octanol–water partition coefficient (Wildman–Crippen LogP) is -0.0885. The summed E-state index contributed by atoms with van der Waals surface area (Å²) in [6.45, 7) is 5.01. The second kappa shape index (κ2) is 3.05. The van der Waals surface area contributed by atoms with Gasteiger partial charge in [-0.3, -0.25) is 0 Å². The average Bonchev–Trinajstić information content (AvgIpc) is 1.63. The first-order chi connectivity index (χ1) is 3.93. The Hall–Kier alpha value is -0.0800. The van der Waals surface area contributed by atoms with Crippen molar-refractivity contribution in [1.29, 1.82) is 0 Å². The van der Waals surface area contributed by atoms with Crippen LogP contribution in [0.25, 0.3) is 0 Å². The summed E-state index contributed by atoms with van der Waals surface area (Å²) in [6, 6.07) is 0. The van der Waals surface area contributed by atoms with Gasteiger partial charge in [-0.25, -0.2) is 0 Å². The fourth-order valence-electron chi connectivity index (χ4n) is 0.875. The van der Waals surface area contributed by atoms with Gasteiger partial charge in [0.05, 0.1) is 0 Å². The van der Waals surface area contributed by atoms with Gasteiger partial charge >= 0.3 is 0 Å². The van der Waals surface area contributed by atoms with E-state index in [1.165, 1.54) is 26.1 Å². The first-order valence-electron chi connectivity index (χ1n) is 3.30. The van der Waals surface area contributed by atoms with Gasteiger partial charge in [-0.15, -0.1) is 0 Å². The summed E-state index contributed by atoms with van der Waals surface area (Å²) in [6.07, 6.45) is 1.41. The molecule has 0 aromatic carbocycles. The minimum atomic E-state index is 1.14. The van der Waals surface area contributed by atoms with Crippen molar-refractivity contribution in [2.75, 3.05) is 33.2 Å². The molecule has 0 saturated carbocycles. The number of nitrogens with zero attached hydrogens (tertiary/aromatic N) is 1. The SMILES string of the molecule is CNCCN1CCC1. The van der Waals surface area contributed by atoms with Gasteiger partial charge in [-0.05, 0) is 26.6 Å². The van der Waals surface area contributed by atoms with Crippen LogP contribution in [0.3, 0.4) is 0 Å². The quantitative estimate of drug-likeness (QED) is 0.551. The van der Waals surface area contributed by atoms with Gasteiger partial charge in [0.1, 0.15) is 0 Å². The van der Waals surface area contributed by atoms with Crippen LogP contribution in [0.5, 0.6) is 0 Å². The van der Waals surface area contributed by atoms with E-state index >= 15 is 0 Å². The van der Waals surface area contributed by atoms with Crippen LogP contribution >= 0.6 is 0 Å². The fraction of sp³-hybridized carbons (Fsp3) is 1.00. The molecule has 1 rings (SSSR count). The monoisotopic (exact) mass is 114 g/mol. The van der Waals surface area contributed by atoms with E-state index in [2.05, 4.69) is 10.2 Å². The largest absolute Gasteiger partial charge is 0.318 e. The molecular formula is C6H14N2. The van der Waals surface area contributed by atoms with Crippen LogP contribution in [0.4, 0.5) is 0 Å². The Labute approximate surface area is 50.9 Å². The van der Waals surface area contributed by atoms with Crippen molar-refractivity contribution in [3.8, 4) is 0 Å². The zero-order valence-electron chi connectivity index (χ0n) is 5.48. The number of hydrogen-bond donors (Lipinski definition) is 1. The van der Waals surface area contributed by atoms with Crippen LogP contribution in [0.15, 0.2) is 0 Å². The third kappa shape index (κ3) is 1.46. The van der Waals surface area contributed by atoms with Crippen molar-refractivity contribution >= 4 is 0 Å². The van der Waals surface area contributed by atoms with Gasteiger partial charge < -0.3 is 10.2 Å². The fourth-order valence-corrected chi connectivity index (χ4v) is 0.875. The molecule has 0 unspecified atom stereocenters. The summed E-state index contributed by atoms with van der Waals surface area (Å²) < 4.78 is 0. The van der Waals surface area contributed by atoms with E-state index in [-0.39, 0.29) is 0 Å². The Bertz CT molecular complexity index is 59.5. The third-order valence-electron chi connectivity index (χ3n) is 1.63. The lowest BCUT2D eigenvalue weighted by Gasteiger charge is -2.30. The molecule has 2 heteroatoms. The Morgan fingerprint density at radius 3 is 2.62 bits per heavy atom. The number of nitrogens with one attached hydrogen (secondary N) is 1.